The Bertz CT molecular complexity index is 1010. The summed E-state index contributed by atoms with van der Waals surface area (Å²) in [4.78, 5) is 26.5. The zero-order valence-electron chi connectivity index (χ0n) is 16.3. The van der Waals surface area contributed by atoms with Crippen LogP contribution in [0.25, 0.3) is 0 Å². The fourth-order valence-corrected chi connectivity index (χ4v) is 4.90. The number of sulfonamides is 1. The third kappa shape index (κ3) is 5.23. The number of carbonyl (C=O) groups is 2. The van der Waals surface area contributed by atoms with Crippen molar-refractivity contribution < 1.29 is 22.7 Å². The molecule has 29 heavy (non-hydrogen) atoms. The fourth-order valence-electron chi connectivity index (χ4n) is 3.29. The van der Waals surface area contributed by atoms with Gasteiger partial charge in [0.1, 0.15) is 4.88 Å². The van der Waals surface area contributed by atoms with Crippen molar-refractivity contribution in [2.75, 3.05) is 5.32 Å². The number of ether oxygens (including phenoxy) is 1. The summed E-state index contributed by atoms with van der Waals surface area (Å²) in [5, 5.41) is 7.64. The van der Waals surface area contributed by atoms with Crippen molar-refractivity contribution >= 4 is 38.9 Å². The van der Waals surface area contributed by atoms with Gasteiger partial charge in [-0.05, 0) is 68.0 Å². The molecule has 2 atom stereocenters. The van der Waals surface area contributed by atoms with E-state index >= 15 is 0 Å². The lowest BCUT2D eigenvalue weighted by Crippen LogP contribution is -2.29. The molecule has 1 aromatic heterocycles. The maximum Gasteiger partial charge on any atom is 0.349 e. The van der Waals surface area contributed by atoms with E-state index in [9.17, 15) is 18.0 Å². The van der Waals surface area contributed by atoms with Crippen LogP contribution in [0.1, 0.15) is 46.8 Å². The minimum atomic E-state index is -3.80. The molecule has 0 saturated carbocycles. The van der Waals surface area contributed by atoms with Crippen LogP contribution in [0.3, 0.4) is 0 Å². The van der Waals surface area contributed by atoms with Gasteiger partial charge in [0.2, 0.25) is 10.0 Å². The molecular formula is C20H24N2O5S2. The normalized spacial score (nSPS) is 17.3. The molecule has 0 aliphatic heterocycles. The zero-order valence-corrected chi connectivity index (χ0v) is 17.9. The average molecular weight is 437 g/mol. The van der Waals surface area contributed by atoms with E-state index in [0.29, 0.717) is 16.5 Å². The first-order valence-corrected chi connectivity index (χ1v) is 11.8. The lowest BCUT2D eigenvalue weighted by molar-refractivity contribution is -0.123. The molecule has 1 heterocycles. The highest BCUT2D eigenvalue weighted by atomic mass is 32.2. The van der Waals surface area contributed by atoms with Gasteiger partial charge in [-0.25, -0.2) is 18.4 Å². The zero-order chi connectivity index (χ0) is 21.2. The van der Waals surface area contributed by atoms with Crippen molar-refractivity contribution in [2.24, 2.45) is 11.1 Å². The van der Waals surface area contributed by atoms with E-state index in [-0.39, 0.29) is 4.90 Å². The number of anilines is 1. The number of amides is 1. The maximum absolute atomic E-state index is 12.5. The summed E-state index contributed by atoms with van der Waals surface area (Å²) < 4.78 is 27.9. The first-order valence-electron chi connectivity index (χ1n) is 9.43. The van der Waals surface area contributed by atoms with Crippen molar-refractivity contribution in [1.82, 2.24) is 0 Å². The van der Waals surface area contributed by atoms with Gasteiger partial charge >= 0.3 is 5.97 Å². The molecule has 2 aromatic rings. The Morgan fingerprint density at radius 3 is 2.62 bits per heavy atom. The van der Waals surface area contributed by atoms with Crippen molar-refractivity contribution in [3.63, 3.8) is 0 Å². The number of hydrogen-bond donors (Lipinski definition) is 2. The van der Waals surface area contributed by atoms with Crippen LogP contribution in [0.15, 0.2) is 35.2 Å². The molecule has 0 spiro atoms. The average Bonchev–Trinajstić information content (AvgIpc) is 3.11. The number of hydrogen-bond acceptors (Lipinski definition) is 6. The van der Waals surface area contributed by atoms with E-state index in [1.165, 1.54) is 53.0 Å². The lowest BCUT2D eigenvalue weighted by atomic mass is 9.87. The summed E-state index contributed by atoms with van der Waals surface area (Å²) in [6, 6.07) is 7.32. The number of nitrogens with one attached hydrogen (secondary N) is 1. The Balaban J connectivity index is 1.60. The van der Waals surface area contributed by atoms with E-state index in [2.05, 4.69) is 12.2 Å². The second-order valence-corrected chi connectivity index (χ2v) is 9.88. The van der Waals surface area contributed by atoms with Gasteiger partial charge in [-0.3, -0.25) is 4.79 Å². The Hall–Kier alpha value is -2.23. The van der Waals surface area contributed by atoms with Crippen molar-refractivity contribution in [3.05, 3.63) is 45.6 Å². The predicted molar refractivity (Wildman–Crippen MR) is 111 cm³/mol. The second-order valence-electron chi connectivity index (χ2n) is 7.18. The molecule has 1 aliphatic carbocycles. The highest BCUT2D eigenvalue weighted by molar-refractivity contribution is 7.89. The lowest BCUT2D eigenvalue weighted by Gasteiger charge is -2.19. The van der Waals surface area contributed by atoms with Gasteiger partial charge in [0, 0.05) is 10.6 Å². The number of rotatable bonds is 6. The minimum absolute atomic E-state index is 0.0538. The fraction of sp³-hybridized carbons (Fsp3) is 0.400. The van der Waals surface area contributed by atoms with Gasteiger partial charge in [0.15, 0.2) is 6.10 Å². The minimum Gasteiger partial charge on any atom is -0.448 e. The summed E-state index contributed by atoms with van der Waals surface area (Å²) in [6.45, 7) is 3.67. The molecule has 1 amide bonds. The van der Waals surface area contributed by atoms with Gasteiger partial charge in [0.25, 0.3) is 5.91 Å². The molecule has 0 fully saturated rings. The topological polar surface area (TPSA) is 116 Å². The molecule has 0 saturated heterocycles. The number of primary sulfonamides is 1. The summed E-state index contributed by atoms with van der Waals surface area (Å²) in [5.74, 6) is -0.356. The van der Waals surface area contributed by atoms with Crippen LogP contribution in [0, 0.1) is 5.92 Å². The van der Waals surface area contributed by atoms with Crippen LogP contribution < -0.4 is 10.5 Å². The summed E-state index contributed by atoms with van der Waals surface area (Å²) in [6.07, 6.45) is 3.24. The third-order valence-corrected chi connectivity index (χ3v) is 7.21. The van der Waals surface area contributed by atoms with E-state index in [4.69, 9.17) is 9.88 Å². The van der Waals surface area contributed by atoms with Gasteiger partial charge in [-0.15, -0.1) is 11.3 Å². The molecule has 1 aliphatic rings. The Labute approximate surface area is 174 Å². The number of fused-ring (bicyclic) bond motifs is 1. The number of carbonyl (C=O) groups excluding carboxylic acids is 2. The first-order chi connectivity index (χ1) is 13.7. The molecular weight excluding hydrogens is 412 g/mol. The summed E-state index contributed by atoms with van der Waals surface area (Å²) in [7, 11) is -3.80. The Morgan fingerprint density at radius 1 is 1.31 bits per heavy atom. The monoisotopic (exact) mass is 436 g/mol. The molecule has 1 aromatic carbocycles. The summed E-state index contributed by atoms with van der Waals surface area (Å²) in [5.41, 5.74) is 1.59. The Kier molecular flexibility index (Phi) is 6.40. The number of nitrogens with two attached hydrogens (primary N) is 1. The summed E-state index contributed by atoms with van der Waals surface area (Å²) >= 11 is 1.44. The number of aryl methyl sites for hydroxylation is 1. The maximum atomic E-state index is 12.5. The molecule has 0 bridgehead atoms. The number of thiophene rings is 1. The molecule has 9 heteroatoms. The largest absolute Gasteiger partial charge is 0.448 e. The van der Waals surface area contributed by atoms with Crippen LogP contribution in [0.4, 0.5) is 5.69 Å². The highest BCUT2D eigenvalue weighted by Crippen LogP contribution is 2.34. The second kappa shape index (κ2) is 8.64. The van der Waals surface area contributed by atoms with Crippen LogP contribution >= 0.6 is 11.3 Å². The molecule has 3 N–H and O–H groups in total. The smallest absolute Gasteiger partial charge is 0.349 e. The van der Waals surface area contributed by atoms with Crippen LogP contribution in [-0.2, 0) is 32.4 Å². The molecule has 156 valence electrons. The molecule has 2 unspecified atom stereocenters. The molecule has 7 nitrogen and oxygen atoms in total. The SMILES string of the molecule is CCC1CCc2sc(C(=O)OC(C)C(=O)Nc3ccc(S(N)(=O)=O)cc3)cc2C1. The van der Waals surface area contributed by atoms with E-state index in [1.807, 2.05) is 6.07 Å². The molecule has 0 radical (unpaired) electrons. The predicted octanol–water partition coefficient (Wildman–Crippen LogP) is 3.09. The van der Waals surface area contributed by atoms with Crippen LogP contribution in [0.5, 0.6) is 0 Å². The number of benzene rings is 1. The van der Waals surface area contributed by atoms with Crippen LogP contribution in [0.2, 0.25) is 0 Å². The van der Waals surface area contributed by atoms with Gasteiger partial charge in [-0.1, -0.05) is 13.3 Å². The van der Waals surface area contributed by atoms with Crippen molar-refractivity contribution in [3.8, 4) is 0 Å². The Morgan fingerprint density at radius 2 is 2.00 bits per heavy atom. The number of esters is 1. The van der Waals surface area contributed by atoms with E-state index in [1.54, 1.807) is 0 Å². The van der Waals surface area contributed by atoms with E-state index < -0.39 is 28.0 Å². The van der Waals surface area contributed by atoms with Crippen LogP contribution in [-0.4, -0.2) is 26.4 Å². The van der Waals surface area contributed by atoms with Crippen molar-refractivity contribution in [2.45, 2.75) is 50.5 Å². The first kappa shape index (κ1) is 21.5. The van der Waals surface area contributed by atoms with Gasteiger partial charge in [-0.2, -0.15) is 0 Å². The van der Waals surface area contributed by atoms with Crippen molar-refractivity contribution in [1.29, 1.82) is 0 Å². The third-order valence-electron chi connectivity index (χ3n) is 5.07. The highest BCUT2D eigenvalue weighted by Gasteiger charge is 2.25. The molecule has 3 rings (SSSR count). The van der Waals surface area contributed by atoms with E-state index in [0.717, 1.165) is 25.7 Å². The van der Waals surface area contributed by atoms with Gasteiger partial charge < -0.3 is 10.1 Å². The standard InChI is InChI=1S/C20H24N2O5S2/c1-3-13-4-9-17-14(10-13)11-18(28-17)20(24)27-12(2)19(23)22-15-5-7-16(8-6-15)29(21,25)26/h5-8,11-13H,3-4,9-10H2,1-2H3,(H,22,23)(H2,21,25,26). The van der Waals surface area contributed by atoms with Gasteiger partial charge in [0.05, 0.1) is 4.90 Å². The quantitative estimate of drug-likeness (QED) is 0.675.